The summed E-state index contributed by atoms with van der Waals surface area (Å²) in [5.74, 6) is -0.0934. The Kier molecular flexibility index (Phi) is 9.53. The molecule has 3 aromatic rings. The van der Waals surface area contributed by atoms with Gasteiger partial charge < -0.3 is 10.2 Å². The SMILES string of the molecule is CCC(C(=O)NC1CCCCC1)N(Cc1ccc(C)cc1)C(=O)CC(c1ccccc1)c1ccccc1. The number of nitrogens with zero attached hydrogens (tertiary/aromatic N) is 1. The van der Waals surface area contributed by atoms with E-state index in [9.17, 15) is 9.59 Å². The van der Waals surface area contributed by atoms with Crippen LogP contribution in [0, 0.1) is 6.92 Å². The maximum Gasteiger partial charge on any atom is 0.243 e. The highest BCUT2D eigenvalue weighted by Crippen LogP contribution is 2.30. The number of hydrogen-bond donors (Lipinski definition) is 1. The van der Waals surface area contributed by atoms with Crippen molar-refractivity contribution >= 4 is 11.8 Å². The molecule has 4 rings (SSSR count). The standard InChI is InChI=1S/C33H40N2O2/c1-3-31(33(37)34-29-17-11-6-12-18-29)35(24-26-21-19-25(2)20-22-26)32(36)23-30(27-13-7-4-8-14-27)28-15-9-5-10-16-28/h4-5,7-10,13-16,19-22,29-31H,3,6,11-12,17-18,23-24H2,1-2H3,(H,34,37). The van der Waals surface area contributed by atoms with Gasteiger partial charge in [0.2, 0.25) is 11.8 Å². The number of amides is 2. The molecule has 0 saturated heterocycles. The van der Waals surface area contributed by atoms with Crippen molar-refractivity contribution in [2.45, 2.75) is 83.3 Å². The molecule has 1 aliphatic carbocycles. The molecule has 0 aromatic heterocycles. The normalized spacial score (nSPS) is 14.8. The van der Waals surface area contributed by atoms with E-state index in [0.29, 0.717) is 19.4 Å². The number of carbonyl (C=O) groups is 2. The Morgan fingerprint density at radius 2 is 1.41 bits per heavy atom. The highest BCUT2D eigenvalue weighted by molar-refractivity contribution is 5.88. The number of carbonyl (C=O) groups excluding carboxylic acids is 2. The van der Waals surface area contributed by atoms with Crippen LogP contribution in [-0.2, 0) is 16.1 Å². The summed E-state index contributed by atoms with van der Waals surface area (Å²) in [7, 11) is 0. The number of nitrogens with one attached hydrogen (secondary N) is 1. The van der Waals surface area contributed by atoms with E-state index < -0.39 is 6.04 Å². The minimum absolute atomic E-state index is 0.00363. The van der Waals surface area contributed by atoms with Crippen LogP contribution < -0.4 is 5.32 Å². The second-order valence-electron chi connectivity index (χ2n) is 10.4. The Morgan fingerprint density at radius 3 is 1.95 bits per heavy atom. The number of hydrogen-bond acceptors (Lipinski definition) is 2. The molecule has 0 spiro atoms. The van der Waals surface area contributed by atoms with Crippen molar-refractivity contribution in [2.75, 3.05) is 0 Å². The lowest BCUT2D eigenvalue weighted by Gasteiger charge is -2.34. The van der Waals surface area contributed by atoms with Gasteiger partial charge in [0, 0.05) is 24.9 Å². The fourth-order valence-electron chi connectivity index (χ4n) is 5.44. The average molecular weight is 497 g/mol. The van der Waals surface area contributed by atoms with E-state index in [1.807, 2.05) is 48.2 Å². The molecule has 1 aliphatic rings. The van der Waals surface area contributed by atoms with Crippen LogP contribution in [0.25, 0.3) is 0 Å². The van der Waals surface area contributed by atoms with Gasteiger partial charge in [-0.2, -0.15) is 0 Å². The van der Waals surface area contributed by atoms with Gasteiger partial charge in [-0.1, -0.05) is 117 Å². The number of benzene rings is 3. The molecule has 0 heterocycles. The topological polar surface area (TPSA) is 49.4 Å². The van der Waals surface area contributed by atoms with Gasteiger partial charge in [0.25, 0.3) is 0 Å². The third-order valence-corrected chi connectivity index (χ3v) is 7.59. The van der Waals surface area contributed by atoms with Crippen LogP contribution in [-0.4, -0.2) is 28.8 Å². The van der Waals surface area contributed by atoms with E-state index in [4.69, 9.17) is 0 Å². The molecule has 4 nitrogen and oxygen atoms in total. The van der Waals surface area contributed by atoms with Gasteiger partial charge in [-0.05, 0) is 42.9 Å². The maximum atomic E-state index is 14.1. The molecule has 1 saturated carbocycles. The first-order chi connectivity index (χ1) is 18.0. The molecular formula is C33H40N2O2. The van der Waals surface area contributed by atoms with Crippen molar-refractivity contribution in [1.29, 1.82) is 0 Å². The van der Waals surface area contributed by atoms with E-state index in [-0.39, 0.29) is 23.8 Å². The van der Waals surface area contributed by atoms with Gasteiger partial charge in [0.1, 0.15) is 6.04 Å². The first-order valence-electron chi connectivity index (χ1n) is 13.8. The molecule has 1 unspecified atom stereocenters. The van der Waals surface area contributed by atoms with Crippen LogP contribution in [0.4, 0.5) is 0 Å². The summed E-state index contributed by atoms with van der Waals surface area (Å²) in [6.07, 6.45) is 6.50. The van der Waals surface area contributed by atoms with Gasteiger partial charge in [0.15, 0.2) is 0 Å². The average Bonchev–Trinajstić information content (AvgIpc) is 2.94. The van der Waals surface area contributed by atoms with Crippen molar-refractivity contribution in [1.82, 2.24) is 10.2 Å². The summed E-state index contributed by atoms with van der Waals surface area (Å²) in [4.78, 5) is 29.5. The summed E-state index contributed by atoms with van der Waals surface area (Å²) in [6, 6.07) is 28.4. The van der Waals surface area contributed by atoms with Crippen LogP contribution in [0.15, 0.2) is 84.9 Å². The smallest absolute Gasteiger partial charge is 0.243 e. The second-order valence-corrected chi connectivity index (χ2v) is 10.4. The molecule has 0 aliphatic heterocycles. The quantitative estimate of drug-likeness (QED) is 0.337. The van der Waals surface area contributed by atoms with Crippen LogP contribution in [0.5, 0.6) is 0 Å². The Hall–Kier alpha value is -3.40. The fraction of sp³-hybridized carbons (Fsp3) is 0.394. The zero-order valence-electron chi connectivity index (χ0n) is 22.2. The predicted octanol–water partition coefficient (Wildman–Crippen LogP) is 6.77. The van der Waals surface area contributed by atoms with E-state index in [1.54, 1.807) is 0 Å². The van der Waals surface area contributed by atoms with Crippen LogP contribution in [0.2, 0.25) is 0 Å². The molecule has 1 N–H and O–H groups in total. The minimum atomic E-state index is -0.497. The molecule has 37 heavy (non-hydrogen) atoms. The molecule has 1 atom stereocenters. The van der Waals surface area contributed by atoms with Crippen molar-refractivity contribution in [3.63, 3.8) is 0 Å². The summed E-state index contributed by atoms with van der Waals surface area (Å²) < 4.78 is 0. The third kappa shape index (κ3) is 7.31. The monoisotopic (exact) mass is 496 g/mol. The first-order valence-corrected chi connectivity index (χ1v) is 13.8. The Labute approximate surface area is 222 Å². The minimum Gasteiger partial charge on any atom is -0.352 e. The van der Waals surface area contributed by atoms with E-state index in [2.05, 4.69) is 60.8 Å². The van der Waals surface area contributed by atoms with Crippen LogP contribution in [0.3, 0.4) is 0 Å². The summed E-state index contributed by atoms with van der Waals surface area (Å²) in [6.45, 7) is 4.49. The zero-order chi connectivity index (χ0) is 26.0. The summed E-state index contributed by atoms with van der Waals surface area (Å²) in [5.41, 5.74) is 4.44. The molecular weight excluding hydrogens is 456 g/mol. The lowest BCUT2D eigenvalue weighted by Crippen LogP contribution is -2.51. The van der Waals surface area contributed by atoms with Crippen molar-refractivity contribution < 1.29 is 9.59 Å². The van der Waals surface area contributed by atoms with Crippen molar-refractivity contribution in [3.8, 4) is 0 Å². The van der Waals surface area contributed by atoms with E-state index in [0.717, 1.165) is 42.4 Å². The van der Waals surface area contributed by atoms with Gasteiger partial charge in [-0.3, -0.25) is 9.59 Å². The Balaban J connectivity index is 1.61. The lowest BCUT2D eigenvalue weighted by atomic mass is 9.88. The molecule has 0 bridgehead atoms. The summed E-state index contributed by atoms with van der Waals surface area (Å²) in [5, 5.41) is 3.28. The molecule has 0 radical (unpaired) electrons. The highest BCUT2D eigenvalue weighted by atomic mass is 16.2. The van der Waals surface area contributed by atoms with Crippen molar-refractivity contribution in [2.24, 2.45) is 0 Å². The van der Waals surface area contributed by atoms with Gasteiger partial charge in [-0.25, -0.2) is 0 Å². The molecule has 1 fully saturated rings. The van der Waals surface area contributed by atoms with Crippen LogP contribution in [0.1, 0.15) is 80.0 Å². The van der Waals surface area contributed by atoms with Gasteiger partial charge in [-0.15, -0.1) is 0 Å². The van der Waals surface area contributed by atoms with Gasteiger partial charge >= 0.3 is 0 Å². The number of aryl methyl sites for hydroxylation is 1. The first kappa shape index (κ1) is 26.7. The molecule has 3 aromatic carbocycles. The predicted molar refractivity (Wildman–Crippen MR) is 150 cm³/mol. The molecule has 194 valence electrons. The van der Waals surface area contributed by atoms with E-state index >= 15 is 0 Å². The van der Waals surface area contributed by atoms with E-state index in [1.165, 1.54) is 12.0 Å². The maximum absolute atomic E-state index is 14.1. The summed E-state index contributed by atoms with van der Waals surface area (Å²) >= 11 is 0. The van der Waals surface area contributed by atoms with Gasteiger partial charge in [0.05, 0.1) is 0 Å². The highest BCUT2D eigenvalue weighted by Gasteiger charge is 2.32. The molecule has 4 heteroatoms. The third-order valence-electron chi connectivity index (χ3n) is 7.59. The van der Waals surface area contributed by atoms with Crippen molar-refractivity contribution in [3.05, 3.63) is 107 Å². The Bertz CT molecular complexity index is 1080. The fourth-order valence-corrected chi connectivity index (χ4v) is 5.44. The van der Waals surface area contributed by atoms with Crippen LogP contribution >= 0.6 is 0 Å². The molecule has 2 amide bonds. The second kappa shape index (κ2) is 13.2. The largest absolute Gasteiger partial charge is 0.352 e. The lowest BCUT2D eigenvalue weighted by molar-refractivity contribution is -0.142. The zero-order valence-corrected chi connectivity index (χ0v) is 22.2. The Morgan fingerprint density at radius 1 is 0.838 bits per heavy atom. The number of rotatable bonds is 10.